The van der Waals surface area contributed by atoms with Gasteiger partial charge in [0.15, 0.2) is 0 Å². The summed E-state index contributed by atoms with van der Waals surface area (Å²) in [7, 11) is 0. The zero-order valence-electron chi connectivity index (χ0n) is 13.9. The van der Waals surface area contributed by atoms with E-state index in [1.807, 2.05) is 12.1 Å². The summed E-state index contributed by atoms with van der Waals surface area (Å²) < 4.78 is 13.6. The molecule has 2 heterocycles. The number of aliphatic hydroxyl groups is 1. The monoisotopic (exact) mass is 325 g/mol. The SMILES string of the molecule is OC1(c2cccc(F)c2)CC2CCCC(C1)N2Cc1ccccc1. The molecule has 2 saturated heterocycles. The van der Waals surface area contributed by atoms with Gasteiger partial charge in [-0.05, 0) is 48.9 Å². The lowest BCUT2D eigenvalue weighted by atomic mass is 9.72. The first-order valence-corrected chi connectivity index (χ1v) is 8.92. The van der Waals surface area contributed by atoms with Gasteiger partial charge in [-0.3, -0.25) is 4.90 Å². The Morgan fingerprint density at radius 1 is 1.00 bits per heavy atom. The molecule has 0 radical (unpaired) electrons. The summed E-state index contributed by atoms with van der Waals surface area (Å²) in [6.07, 6.45) is 4.83. The van der Waals surface area contributed by atoms with Gasteiger partial charge in [-0.15, -0.1) is 0 Å². The number of halogens is 1. The van der Waals surface area contributed by atoms with Crippen molar-refractivity contribution in [1.82, 2.24) is 4.90 Å². The van der Waals surface area contributed by atoms with Crippen LogP contribution in [0, 0.1) is 5.82 Å². The molecule has 126 valence electrons. The Kier molecular flexibility index (Phi) is 4.15. The van der Waals surface area contributed by atoms with Gasteiger partial charge in [0.2, 0.25) is 0 Å². The molecule has 2 atom stereocenters. The molecule has 4 rings (SSSR count). The minimum Gasteiger partial charge on any atom is -0.385 e. The highest BCUT2D eigenvalue weighted by Crippen LogP contribution is 2.44. The topological polar surface area (TPSA) is 23.5 Å². The molecule has 1 N–H and O–H groups in total. The molecule has 2 nitrogen and oxygen atoms in total. The van der Waals surface area contributed by atoms with Crippen LogP contribution in [-0.4, -0.2) is 22.1 Å². The highest BCUT2D eigenvalue weighted by molar-refractivity contribution is 5.26. The molecule has 0 amide bonds. The van der Waals surface area contributed by atoms with Crippen LogP contribution in [0.3, 0.4) is 0 Å². The number of fused-ring (bicyclic) bond motifs is 2. The Morgan fingerprint density at radius 2 is 1.71 bits per heavy atom. The molecule has 2 unspecified atom stereocenters. The first-order chi connectivity index (χ1) is 11.6. The fraction of sp³-hybridized carbons (Fsp3) is 0.429. The second kappa shape index (κ2) is 6.30. The lowest BCUT2D eigenvalue weighted by molar-refractivity contribution is -0.1000. The summed E-state index contributed by atoms with van der Waals surface area (Å²) >= 11 is 0. The Bertz CT molecular complexity index is 688. The van der Waals surface area contributed by atoms with Crippen LogP contribution in [0.4, 0.5) is 4.39 Å². The Labute approximate surface area is 142 Å². The smallest absolute Gasteiger partial charge is 0.123 e. The Hall–Kier alpha value is -1.71. The van der Waals surface area contributed by atoms with Gasteiger partial charge in [0.25, 0.3) is 0 Å². The second-order valence-corrected chi connectivity index (χ2v) is 7.35. The second-order valence-electron chi connectivity index (χ2n) is 7.35. The number of benzene rings is 2. The largest absolute Gasteiger partial charge is 0.385 e. The molecular weight excluding hydrogens is 301 g/mol. The van der Waals surface area contributed by atoms with Crippen molar-refractivity contribution in [3.8, 4) is 0 Å². The predicted octanol–water partition coefficient (Wildman–Crippen LogP) is 4.23. The van der Waals surface area contributed by atoms with E-state index in [-0.39, 0.29) is 5.82 Å². The molecular formula is C21H24FNO. The third-order valence-electron chi connectivity index (χ3n) is 5.73. The maximum Gasteiger partial charge on any atom is 0.123 e. The summed E-state index contributed by atoms with van der Waals surface area (Å²) in [5, 5.41) is 11.3. The van der Waals surface area contributed by atoms with Crippen LogP contribution in [0.15, 0.2) is 54.6 Å². The Balaban J connectivity index is 1.58. The van der Waals surface area contributed by atoms with Crippen LogP contribution in [0.5, 0.6) is 0 Å². The molecule has 2 aliphatic rings. The first-order valence-electron chi connectivity index (χ1n) is 8.92. The molecule has 2 aromatic carbocycles. The molecule has 2 bridgehead atoms. The lowest BCUT2D eigenvalue weighted by Gasteiger charge is -2.52. The van der Waals surface area contributed by atoms with E-state index in [4.69, 9.17) is 0 Å². The van der Waals surface area contributed by atoms with E-state index in [2.05, 4.69) is 29.2 Å². The fourth-order valence-corrected chi connectivity index (χ4v) is 4.59. The normalized spacial score (nSPS) is 30.2. The summed E-state index contributed by atoms with van der Waals surface area (Å²) in [4.78, 5) is 2.56. The van der Waals surface area contributed by atoms with E-state index in [0.29, 0.717) is 24.9 Å². The van der Waals surface area contributed by atoms with Crippen LogP contribution in [0.2, 0.25) is 0 Å². The third kappa shape index (κ3) is 2.99. The van der Waals surface area contributed by atoms with E-state index >= 15 is 0 Å². The average Bonchev–Trinajstić information content (AvgIpc) is 2.57. The third-order valence-corrected chi connectivity index (χ3v) is 5.73. The van der Waals surface area contributed by atoms with Gasteiger partial charge >= 0.3 is 0 Å². The van der Waals surface area contributed by atoms with E-state index < -0.39 is 5.60 Å². The van der Waals surface area contributed by atoms with Gasteiger partial charge < -0.3 is 5.11 Å². The van der Waals surface area contributed by atoms with Crippen LogP contribution < -0.4 is 0 Å². The zero-order chi connectivity index (χ0) is 16.6. The molecule has 0 saturated carbocycles. The van der Waals surface area contributed by atoms with Crippen molar-refractivity contribution in [2.24, 2.45) is 0 Å². The van der Waals surface area contributed by atoms with Crippen LogP contribution in [-0.2, 0) is 12.1 Å². The highest BCUT2D eigenvalue weighted by atomic mass is 19.1. The van der Waals surface area contributed by atoms with E-state index in [1.54, 1.807) is 6.07 Å². The number of hydrogen-bond donors (Lipinski definition) is 1. The average molecular weight is 325 g/mol. The zero-order valence-corrected chi connectivity index (χ0v) is 13.9. The van der Waals surface area contributed by atoms with Gasteiger partial charge in [-0.2, -0.15) is 0 Å². The minimum atomic E-state index is -0.898. The molecule has 2 aliphatic heterocycles. The molecule has 2 fully saturated rings. The van der Waals surface area contributed by atoms with Gasteiger partial charge in [-0.25, -0.2) is 4.39 Å². The van der Waals surface area contributed by atoms with Crippen LogP contribution >= 0.6 is 0 Å². The Morgan fingerprint density at radius 3 is 2.38 bits per heavy atom. The van der Waals surface area contributed by atoms with E-state index in [0.717, 1.165) is 24.9 Å². The van der Waals surface area contributed by atoms with Gasteiger partial charge in [-0.1, -0.05) is 48.9 Å². The highest BCUT2D eigenvalue weighted by Gasteiger charge is 2.46. The van der Waals surface area contributed by atoms with Crippen LogP contribution in [0.1, 0.15) is 43.2 Å². The van der Waals surface area contributed by atoms with Gasteiger partial charge in [0, 0.05) is 18.6 Å². The summed E-state index contributed by atoms with van der Waals surface area (Å²) in [6.45, 7) is 0.940. The van der Waals surface area contributed by atoms with Crippen molar-refractivity contribution < 1.29 is 9.50 Å². The lowest BCUT2D eigenvalue weighted by Crippen LogP contribution is -2.56. The maximum atomic E-state index is 13.6. The van der Waals surface area contributed by atoms with Crippen molar-refractivity contribution >= 4 is 0 Å². The molecule has 3 heteroatoms. The molecule has 0 aliphatic carbocycles. The van der Waals surface area contributed by atoms with Crippen molar-refractivity contribution in [3.63, 3.8) is 0 Å². The summed E-state index contributed by atoms with van der Waals surface area (Å²) in [5.74, 6) is -0.266. The fourth-order valence-electron chi connectivity index (χ4n) is 4.59. The van der Waals surface area contributed by atoms with E-state index in [1.165, 1.54) is 24.1 Å². The first kappa shape index (κ1) is 15.8. The number of nitrogens with zero attached hydrogens (tertiary/aromatic N) is 1. The van der Waals surface area contributed by atoms with E-state index in [9.17, 15) is 9.50 Å². The number of rotatable bonds is 3. The number of hydrogen-bond acceptors (Lipinski definition) is 2. The molecule has 0 spiro atoms. The standard InChI is InChI=1S/C21H24FNO/c22-18-9-4-8-17(12-18)21(24)13-19-10-5-11-20(14-21)23(19)15-16-6-2-1-3-7-16/h1-4,6-9,12,19-20,24H,5,10-11,13-15H2. The molecule has 24 heavy (non-hydrogen) atoms. The summed E-state index contributed by atoms with van der Waals surface area (Å²) in [5.41, 5.74) is 1.16. The quantitative estimate of drug-likeness (QED) is 0.913. The molecule has 2 aromatic rings. The van der Waals surface area contributed by atoms with Crippen molar-refractivity contribution in [2.75, 3.05) is 0 Å². The van der Waals surface area contributed by atoms with Crippen LogP contribution in [0.25, 0.3) is 0 Å². The maximum absolute atomic E-state index is 13.6. The number of piperidine rings is 2. The van der Waals surface area contributed by atoms with Crippen molar-refractivity contribution in [1.29, 1.82) is 0 Å². The van der Waals surface area contributed by atoms with Crippen molar-refractivity contribution in [2.45, 2.75) is 56.3 Å². The minimum absolute atomic E-state index is 0.266. The van der Waals surface area contributed by atoms with Crippen molar-refractivity contribution in [3.05, 3.63) is 71.5 Å². The summed E-state index contributed by atoms with van der Waals surface area (Å²) in [6, 6.07) is 17.8. The predicted molar refractivity (Wildman–Crippen MR) is 92.9 cm³/mol. The molecule has 0 aromatic heterocycles. The van der Waals surface area contributed by atoms with Gasteiger partial charge in [0.1, 0.15) is 5.82 Å². The van der Waals surface area contributed by atoms with Gasteiger partial charge in [0.05, 0.1) is 5.60 Å².